The van der Waals surface area contributed by atoms with Crippen LogP contribution in [0.1, 0.15) is 80.1 Å². The van der Waals surface area contributed by atoms with E-state index < -0.39 is 0 Å². The molecule has 0 rings (SSSR count). The van der Waals surface area contributed by atoms with Crippen LogP contribution in [0, 0.1) is 17.3 Å². The minimum Gasteiger partial charge on any atom is -0.320 e. The number of rotatable bonds is 11. The van der Waals surface area contributed by atoms with Crippen LogP contribution >= 0.6 is 0 Å². The average Bonchev–Trinajstić information content (AvgIpc) is 2.45. The molecule has 1 heteroatoms. The van der Waals surface area contributed by atoms with Crippen molar-refractivity contribution in [2.45, 2.75) is 80.1 Å². The lowest BCUT2D eigenvalue weighted by atomic mass is 9.79. The van der Waals surface area contributed by atoms with Gasteiger partial charge in [0, 0.05) is 0 Å². The molecular weight excluding hydrogens is 242 g/mol. The van der Waals surface area contributed by atoms with Crippen LogP contribution < -0.4 is 5.32 Å². The van der Waals surface area contributed by atoms with Crippen molar-refractivity contribution < 1.29 is 0 Å². The van der Waals surface area contributed by atoms with Crippen LogP contribution in [0.2, 0.25) is 0 Å². The zero-order valence-electron chi connectivity index (χ0n) is 15.2. The van der Waals surface area contributed by atoms with Crippen molar-refractivity contribution in [3.63, 3.8) is 0 Å². The van der Waals surface area contributed by atoms with Crippen LogP contribution in [-0.4, -0.2) is 13.6 Å². The summed E-state index contributed by atoms with van der Waals surface area (Å²) in [4.78, 5) is 0. The van der Waals surface area contributed by atoms with E-state index in [1.165, 1.54) is 38.5 Å². The largest absolute Gasteiger partial charge is 0.320 e. The average molecular weight is 282 g/mol. The molecule has 0 saturated carbocycles. The molecule has 0 fully saturated rings. The predicted octanol–water partition coefficient (Wildman–Crippen LogP) is 5.81. The van der Waals surface area contributed by atoms with Gasteiger partial charge in [0.1, 0.15) is 0 Å². The monoisotopic (exact) mass is 281 g/mol. The topological polar surface area (TPSA) is 12.0 Å². The quantitative estimate of drug-likeness (QED) is 0.471. The fourth-order valence-electron chi connectivity index (χ4n) is 2.67. The first-order valence-corrected chi connectivity index (χ1v) is 8.69. The molecule has 0 heterocycles. The summed E-state index contributed by atoms with van der Waals surface area (Å²) in [5.41, 5.74) is 2.17. The number of allylic oxidation sites excluding steroid dienone is 2. The fraction of sp³-hybridized carbons (Fsp3) is 0.895. The van der Waals surface area contributed by atoms with Gasteiger partial charge in [0.2, 0.25) is 0 Å². The summed E-state index contributed by atoms with van der Waals surface area (Å²) in [5, 5.41) is 3.32. The Balaban J connectivity index is 4.55. The van der Waals surface area contributed by atoms with Crippen LogP contribution in [0.25, 0.3) is 0 Å². The van der Waals surface area contributed by atoms with Crippen LogP contribution in [0.5, 0.6) is 0 Å². The van der Waals surface area contributed by atoms with Crippen molar-refractivity contribution >= 4 is 0 Å². The smallest absolute Gasteiger partial charge is 0.00492 e. The summed E-state index contributed by atoms with van der Waals surface area (Å²) in [5.74, 6) is 1.59. The first kappa shape index (κ1) is 19.7. The van der Waals surface area contributed by atoms with Crippen LogP contribution in [0.3, 0.4) is 0 Å². The second-order valence-corrected chi connectivity index (χ2v) is 7.19. The van der Waals surface area contributed by atoms with Crippen LogP contribution in [0.4, 0.5) is 0 Å². The molecule has 0 aromatic carbocycles. The first-order chi connectivity index (χ1) is 9.40. The second kappa shape index (κ2) is 10.4. The molecule has 0 radical (unpaired) electrons. The third-order valence-electron chi connectivity index (χ3n) is 5.13. The summed E-state index contributed by atoms with van der Waals surface area (Å²) in [6, 6.07) is 0. The SMILES string of the molecule is C/C=C(/CC(CCNC)CCC(C)(C)CC)C(C)CC. The van der Waals surface area contributed by atoms with Gasteiger partial charge in [-0.2, -0.15) is 0 Å². The molecule has 1 N–H and O–H groups in total. The van der Waals surface area contributed by atoms with Gasteiger partial charge >= 0.3 is 0 Å². The molecule has 0 spiro atoms. The molecule has 0 aliphatic carbocycles. The van der Waals surface area contributed by atoms with Gasteiger partial charge in [0.15, 0.2) is 0 Å². The predicted molar refractivity (Wildman–Crippen MR) is 93.2 cm³/mol. The van der Waals surface area contributed by atoms with Crippen molar-refractivity contribution in [1.82, 2.24) is 5.32 Å². The summed E-state index contributed by atoms with van der Waals surface area (Å²) < 4.78 is 0. The maximum Gasteiger partial charge on any atom is -0.00492 e. The summed E-state index contributed by atoms with van der Waals surface area (Å²) in [6.07, 6.45) is 10.3. The highest BCUT2D eigenvalue weighted by Gasteiger charge is 2.20. The van der Waals surface area contributed by atoms with E-state index in [-0.39, 0.29) is 0 Å². The van der Waals surface area contributed by atoms with Crippen molar-refractivity contribution in [2.75, 3.05) is 13.6 Å². The van der Waals surface area contributed by atoms with Gasteiger partial charge in [-0.3, -0.25) is 0 Å². The Kier molecular flexibility index (Phi) is 10.3. The number of hydrogen-bond donors (Lipinski definition) is 1. The third-order valence-corrected chi connectivity index (χ3v) is 5.13. The van der Waals surface area contributed by atoms with Crippen molar-refractivity contribution in [2.24, 2.45) is 17.3 Å². The van der Waals surface area contributed by atoms with Gasteiger partial charge < -0.3 is 5.32 Å². The van der Waals surface area contributed by atoms with E-state index in [1.54, 1.807) is 5.57 Å². The second-order valence-electron chi connectivity index (χ2n) is 7.19. The van der Waals surface area contributed by atoms with E-state index in [1.807, 2.05) is 0 Å². The molecule has 0 aromatic rings. The first-order valence-electron chi connectivity index (χ1n) is 8.69. The Bertz CT molecular complexity index is 265. The lowest BCUT2D eigenvalue weighted by Gasteiger charge is -2.27. The molecule has 0 aliphatic heterocycles. The molecule has 2 unspecified atom stereocenters. The van der Waals surface area contributed by atoms with Gasteiger partial charge in [-0.05, 0) is 69.9 Å². The van der Waals surface area contributed by atoms with Crippen molar-refractivity contribution in [1.29, 1.82) is 0 Å². The normalized spacial score (nSPS) is 16.2. The number of nitrogens with one attached hydrogen (secondary N) is 1. The minimum absolute atomic E-state index is 0.504. The Morgan fingerprint density at radius 1 is 1.20 bits per heavy atom. The van der Waals surface area contributed by atoms with Gasteiger partial charge in [-0.1, -0.05) is 52.7 Å². The number of hydrogen-bond acceptors (Lipinski definition) is 1. The van der Waals surface area contributed by atoms with Gasteiger partial charge in [-0.15, -0.1) is 0 Å². The van der Waals surface area contributed by atoms with E-state index in [0.29, 0.717) is 5.41 Å². The molecule has 20 heavy (non-hydrogen) atoms. The zero-order valence-corrected chi connectivity index (χ0v) is 15.2. The van der Waals surface area contributed by atoms with Crippen LogP contribution in [0.15, 0.2) is 11.6 Å². The fourth-order valence-corrected chi connectivity index (χ4v) is 2.67. The maximum absolute atomic E-state index is 3.32. The Hall–Kier alpha value is -0.300. The maximum atomic E-state index is 3.32. The molecule has 0 aromatic heterocycles. The van der Waals surface area contributed by atoms with E-state index in [0.717, 1.165) is 18.4 Å². The van der Waals surface area contributed by atoms with Crippen LogP contribution in [-0.2, 0) is 0 Å². The van der Waals surface area contributed by atoms with E-state index in [4.69, 9.17) is 0 Å². The third kappa shape index (κ3) is 8.09. The van der Waals surface area contributed by atoms with E-state index >= 15 is 0 Å². The Labute approximate surface area is 128 Å². The van der Waals surface area contributed by atoms with E-state index in [2.05, 4.69) is 60.0 Å². The van der Waals surface area contributed by atoms with Crippen molar-refractivity contribution in [3.8, 4) is 0 Å². The minimum atomic E-state index is 0.504. The lowest BCUT2D eigenvalue weighted by Crippen LogP contribution is -2.18. The Morgan fingerprint density at radius 2 is 1.85 bits per heavy atom. The highest BCUT2D eigenvalue weighted by molar-refractivity contribution is 5.05. The lowest BCUT2D eigenvalue weighted by molar-refractivity contribution is 0.273. The summed E-state index contributed by atoms with van der Waals surface area (Å²) >= 11 is 0. The molecule has 1 nitrogen and oxygen atoms in total. The molecular formula is C19H39N. The molecule has 0 bridgehead atoms. The van der Waals surface area contributed by atoms with Gasteiger partial charge in [0.25, 0.3) is 0 Å². The van der Waals surface area contributed by atoms with Gasteiger partial charge in [-0.25, -0.2) is 0 Å². The molecule has 0 saturated heterocycles. The molecule has 0 amide bonds. The standard InChI is InChI=1S/C19H39N/c1-8-16(4)18(9-2)15-17(12-14-20-7)11-13-19(5,6)10-3/h9,16-17,20H,8,10-15H2,1-7H3/b18-9-. The van der Waals surface area contributed by atoms with Gasteiger partial charge in [0.05, 0.1) is 0 Å². The molecule has 0 aliphatic rings. The van der Waals surface area contributed by atoms with E-state index in [9.17, 15) is 0 Å². The van der Waals surface area contributed by atoms with Crippen molar-refractivity contribution in [3.05, 3.63) is 11.6 Å². The highest BCUT2D eigenvalue weighted by Crippen LogP contribution is 2.32. The molecule has 2 atom stereocenters. The summed E-state index contributed by atoms with van der Waals surface area (Å²) in [7, 11) is 2.07. The zero-order chi connectivity index (χ0) is 15.6. The Morgan fingerprint density at radius 3 is 2.30 bits per heavy atom. The molecule has 120 valence electrons. The highest BCUT2D eigenvalue weighted by atomic mass is 14.8. The summed E-state index contributed by atoms with van der Waals surface area (Å²) in [6.45, 7) is 15.2.